The Morgan fingerprint density at radius 1 is 1.00 bits per heavy atom. The third-order valence-corrected chi connectivity index (χ3v) is 3.97. The van der Waals surface area contributed by atoms with E-state index in [2.05, 4.69) is 10.1 Å². The van der Waals surface area contributed by atoms with Crippen LogP contribution < -0.4 is 14.8 Å². The number of para-hydroxylation sites is 2. The quantitative estimate of drug-likeness (QED) is 0.754. The smallest absolute Gasteiger partial charge is 0.338 e. The Kier molecular flexibility index (Phi) is 6.11. The summed E-state index contributed by atoms with van der Waals surface area (Å²) in [4.78, 5) is 35.3. The fourth-order valence-corrected chi connectivity index (χ4v) is 2.52. The number of carbonyl (C=O) groups excluding carboxylic acids is 3. The van der Waals surface area contributed by atoms with Gasteiger partial charge in [-0.1, -0.05) is 12.1 Å². The van der Waals surface area contributed by atoms with E-state index in [1.54, 1.807) is 12.1 Å². The molecule has 1 amide bonds. The average molecular weight is 385 g/mol. The lowest BCUT2D eigenvalue weighted by Gasteiger charge is -2.26. The molecule has 8 heteroatoms. The Morgan fingerprint density at radius 2 is 1.64 bits per heavy atom. The van der Waals surface area contributed by atoms with Crippen molar-refractivity contribution in [1.29, 1.82) is 0 Å². The number of hydrogen-bond donors (Lipinski definition) is 1. The minimum absolute atomic E-state index is 0.221. The van der Waals surface area contributed by atoms with Crippen LogP contribution in [0.5, 0.6) is 11.5 Å². The fraction of sp³-hybridized carbons (Fsp3) is 0.250. The maximum Gasteiger partial charge on any atom is 0.338 e. The molecule has 0 saturated carbocycles. The maximum absolute atomic E-state index is 12.0. The first-order chi connectivity index (χ1) is 13.6. The van der Waals surface area contributed by atoms with E-state index in [4.69, 9.17) is 14.2 Å². The average Bonchev–Trinajstić information content (AvgIpc) is 2.75. The van der Waals surface area contributed by atoms with Gasteiger partial charge in [-0.2, -0.15) is 0 Å². The Balaban J connectivity index is 1.42. The fourth-order valence-electron chi connectivity index (χ4n) is 2.52. The van der Waals surface area contributed by atoms with Crippen LogP contribution in [0.1, 0.15) is 20.7 Å². The molecule has 28 heavy (non-hydrogen) atoms. The molecular weight excluding hydrogens is 366 g/mol. The van der Waals surface area contributed by atoms with Gasteiger partial charge < -0.3 is 24.3 Å². The van der Waals surface area contributed by atoms with Crippen molar-refractivity contribution in [3.05, 3.63) is 59.7 Å². The number of benzene rings is 2. The van der Waals surface area contributed by atoms with Crippen molar-refractivity contribution in [3.8, 4) is 11.5 Å². The number of nitrogens with one attached hydrogen (secondary N) is 1. The highest BCUT2D eigenvalue weighted by Gasteiger charge is 2.21. The number of fused-ring (bicyclic) bond motifs is 1. The van der Waals surface area contributed by atoms with E-state index in [1.807, 2.05) is 12.1 Å². The van der Waals surface area contributed by atoms with Crippen molar-refractivity contribution in [3.63, 3.8) is 0 Å². The number of ether oxygens (including phenoxy) is 4. The summed E-state index contributed by atoms with van der Waals surface area (Å²) in [6, 6.07) is 13.0. The molecule has 2 aromatic carbocycles. The van der Waals surface area contributed by atoms with E-state index in [-0.39, 0.29) is 18.2 Å². The SMILES string of the molecule is COC(=O)c1ccc(C(=O)OCC(=O)NC[C@H]2COc3ccccc3O2)cc1. The van der Waals surface area contributed by atoms with Gasteiger partial charge in [0.1, 0.15) is 12.7 Å². The minimum Gasteiger partial charge on any atom is -0.486 e. The lowest BCUT2D eigenvalue weighted by atomic mass is 10.1. The van der Waals surface area contributed by atoms with Crippen LogP contribution in [0.2, 0.25) is 0 Å². The zero-order valence-corrected chi connectivity index (χ0v) is 15.2. The predicted molar refractivity (Wildman–Crippen MR) is 97.4 cm³/mol. The Hall–Kier alpha value is -3.55. The molecule has 0 unspecified atom stereocenters. The summed E-state index contributed by atoms with van der Waals surface area (Å²) in [7, 11) is 1.27. The van der Waals surface area contributed by atoms with Gasteiger partial charge in [0.25, 0.3) is 5.91 Å². The van der Waals surface area contributed by atoms with Gasteiger partial charge >= 0.3 is 11.9 Å². The molecule has 8 nitrogen and oxygen atoms in total. The van der Waals surface area contributed by atoms with Gasteiger partial charge in [-0.3, -0.25) is 4.79 Å². The number of methoxy groups -OCH3 is 1. The molecule has 0 radical (unpaired) electrons. The lowest BCUT2D eigenvalue weighted by Crippen LogP contribution is -2.42. The number of hydrogen-bond acceptors (Lipinski definition) is 7. The highest BCUT2D eigenvalue weighted by Crippen LogP contribution is 2.30. The number of amides is 1. The van der Waals surface area contributed by atoms with Crippen molar-refractivity contribution < 1.29 is 33.3 Å². The van der Waals surface area contributed by atoms with Crippen molar-refractivity contribution in [2.24, 2.45) is 0 Å². The molecule has 2 aromatic rings. The van der Waals surface area contributed by atoms with Crippen LogP contribution in [0.15, 0.2) is 48.5 Å². The molecule has 146 valence electrons. The third-order valence-electron chi connectivity index (χ3n) is 3.97. The Morgan fingerprint density at radius 3 is 2.32 bits per heavy atom. The second-order valence-electron chi connectivity index (χ2n) is 5.95. The summed E-state index contributed by atoms with van der Waals surface area (Å²) in [5.74, 6) is -0.345. The predicted octanol–water partition coefficient (Wildman–Crippen LogP) is 1.59. The first-order valence-electron chi connectivity index (χ1n) is 8.57. The van der Waals surface area contributed by atoms with Crippen LogP contribution in [0.3, 0.4) is 0 Å². The Bertz CT molecular complexity index is 863. The minimum atomic E-state index is -0.669. The maximum atomic E-state index is 12.0. The van der Waals surface area contributed by atoms with E-state index in [9.17, 15) is 14.4 Å². The van der Waals surface area contributed by atoms with Gasteiger partial charge in [-0.05, 0) is 36.4 Å². The van der Waals surface area contributed by atoms with Crippen molar-refractivity contribution in [2.45, 2.75) is 6.10 Å². The number of carbonyl (C=O) groups is 3. The summed E-state index contributed by atoms with van der Waals surface area (Å²) < 4.78 is 20.9. The van der Waals surface area contributed by atoms with E-state index < -0.39 is 24.5 Å². The number of esters is 2. The molecule has 3 rings (SSSR count). The highest BCUT2D eigenvalue weighted by molar-refractivity contribution is 5.94. The molecule has 1 heterocycles. The lowest BCUT2D eigenvalue weighted by molar-refractivity contribution is -0.124. The summed E-state index contributed by atoms with van der Waals surface area (Å²) in [6.45, 7) is 0.101. The van der Waals surface area contributed by atoms with Gasteiger partial charge in [0.2, 0.25) is 0 Å². The van der Waals surface area contributed by atoms with Crippen molar-refractivity contribution in [1.82, 2.24) is 5.32 Å². The number of rotatable bonds is 6. The normalized spacial score (nSPS) is 14.7. The second-order valence-corrected chi connectivity index (χ2v) is 5.95. The van der Waals surface area contributed by atoms with Gasteiger partial charge in [-0.15, -0.1) is 0 Å². The second kappa shape index (κ2) is 8.90. The first kappa shape index (κ1) is 19.2. The van der Waals surface area contributed by atoms with Crippen molar-refractivity contribution >= 4 is 17.8 Å². The van der Waals surface area contributed by atoms with Crippen LogP contribution in [-0.4, -0.2) is 50.8 Å². The molecule has 1 aliphatic rings. The standard InChI is InChI=1S/C20H19NO7/c1-25-19(23)13-6-8-14(9-7-13)20(24)27-12-18(22)21-10-15-11-26-16-4-2-3-5-17(16)28-15/h2-9,15H,10-12H2,1H3,(H,21,22)/t15-/m0/s1. The van der Waals surface area contributed by atoms with Crippen molar-refractivity contribution in [2.75, 3.05) is 26.9 Å². The molecule has 0 aliphatic carbocycles. The van der Waals surface area contributed by atoms with E-state index >= 15 is 0 Å². The molecular formula is C20H19NO7. The third kappa shape index (κ3) is 4.79. The van der Waals surface area contributed by atoms with Gasteiger partial charge in [0.05, 0.1) is 24.8 Å². The van der Waals surface area contributed by atoms with E-state index in [0.29, 0.717) is 23.7 Å². The summed E-state index contributed by atoms with van der Waals surface area (Å²) >= 11 is 0. The van der Waals surface area contributed by atoms with Gasteiger partial charge in [0.15, 0.2) is 18.1 Å². The van der Waals surface area contributed by atoms with Crippen LogP contribution in [0.4, 0.5) is 0 Å². The zero-order valence-electron chi connectivity index (χ0n) is 15.2. The monoisotopic (exact) mass is 385 g/mol. The molecule has 1 N–H and O–H groups in total. The summed E-state index contributed by atoms with van der Waals surface area (Å²) in [6.07, 6.45) is -0.333. The van der Waals surface area contributed by atoms with Crippen LogP contribution >= 0.6 is 0 Å². The summed E-state index contributed by atoms with van der Waals surface area (Å²) in [5.41, 5.74) is 0.536. The topological polar surface area (TPSA) is 100 Å². The van der Waals surface area contributed by atoms with Gasteiger partial charge in [-0.25, -0.2) is 9.59 Å². The first-order valence-corrected chi connectivity index (χ1v) is 8.57. The highest BCUT2D eigenvalue weighted by atomic mass is 16.6. The molecule has 0 bridgehead atoms. The summed E-state index contributed by atoms with van der Waals surface area (Å²) in [5, 5.41) is 2.64. The molecule has 1 aliphatic heterocycles. The largest absolute Gasteiger partial charge is 0.486 e. The van der Waals surface area contributed by atoms with Crippen LogP contribution in [-0.2, 0) is 14.3 Å². The molecule has 0 spiro atoms. The van der Waals surface area contributed by atoms with E-state index in [1.165, 1.54) is 31.4 Å². The molecule has 0 fully saturated rings. The van der Waals surface area contributed by atoms with E-state index in [0.717, 1.165) is 0 Å². The van der Waals surface area contributed by atoms with Gasteiger partial charge in [0, 0.05) is 0 Å². The molecule has 0 saturated heterocycles. The van der Waals surface area contributed by atoms with Crippen LogP contribution in [0.25, 0.3) is 0 Å². The molecule has 0 aromatic heterocycles. The Labute approximate surface area is 161 Å². The zero-order chi connectivity index (χ0) is 19.9. The molecule has 1 atom stereocenters. The van der Waals surface area contributed by atoms with Crippen LogP contribution in [0, 0.1) is 0 Å².